The van der Waals surface area contributed by atoms with E-state index in [1.165, 1.54) is 4.90 Å². The third-order valence-electron chi connectivity index (χ3n) is 5.11. The van der Waals surface area contributed by atoms with Crippen LogP contribution in [0.3, 0.4) is 0 Å². The van der Waals surface area contributed by atoms with Gasteiger partial charge in [0.1, 0.15) is 17.2 Å². The summed E-state index contributed by atoms with van der Waals surface area (Å²) in [5.41, 5.74) is 2.33. The smallest absolute Gasteiger partial charge is 0.282 e. The lowest BCUT2D eigenvalue weighted by atomic mass is 10.0. The summed E-state index contributed by atoms with van der Waals surface area (Å²) < 4.78 is 11.3. The van der Waals surface area contributed by atoms with Crippen molar-refractivity contribution in [2.75, 3.05) is 23.4 Å². The van der Waals surface area contributed by atoms with Crippen molar-refractivity contribution in [1.29, 1.82) is 0 Å². The summed E-state index contributed by atoms with van der Waals surface area (Å²) in [6.07, 6.45) is 0.861. The molecular formula is C27H26N2O4. The Bertz CT molecular complexity index is 1190. The maximum Gasteiger partial charge on any atom is 0.282 e. The van der Waals surface area contributed by atoms with Crippen molar-refractivity contribution >= 4 is 28.8 Å². The molecule has 1 aliphatic heterocycles. The Labute approximate surface area is 193 Å². The summed E-state index contributed by atoms with van der Waals surface area (Å²) in [6, 6.07) is 23.6. The van der Waals surface area contributed by atoms with Crippen LogP contribution in [-0.4, -0.2) is 25.0 Å². The second-order valence-corrected chi connectivity index (χ2v) is 7.49. The average Bonchev–Trinajstić information content (AvgIpc) is 3.08. The number of hydrogen-bond donors (Lipinski definition) is 1. The van der Waals surface area contributed by atoms with Gasteiger partial charge in [0.15, 0.2) is 0 Å². The summed E-state index contributed by atoms with van der Waals surface area (Å²) in [7, 11) is 0. The molecule has 0 radical (unpaired) electrons. The molecule has 2 amide bonds. The molecular weight excluding hydrogens is 416 g/mol. The molecule has 0 fully saturated rings. The number of ether oxygens (including phenoxy) is 2. The number of benzene rings is 3. The minimum absolute atomic E-state index is 0.222. The molecule has 3 aromatic carbocycles. The van der Waals surface area contributed by atoms with E-state index < -0.39 is 5.91 Å². The number of hydrogen-bond acceptors (Lipinski definition) is 5. The average molecular weight is 443 g/mol. The molecule has 0 spiro atoms. The first-order valence-corrected chi connectivity index (χ1v) is 11.0. The zero-order valence-corrected chi connectivity index (χ0v) is 18.7. The second kappa shape index (κ2) is 10.0. The molecule has 1 aliphatic rings. The predicted molar refractivity (Wildman–Crippen MR) is 129 cm³/mol. The van der Waals surface area contributed by atoms with Gasteiger partial charge in [0.2, 0.25) is 0 Å². The number of imide groups is 1. The quantitative estimate of drug-likeness (QED) is 0.457. The van der Waals surface area contributed by atoms with Crippen LogP contribution in [0.15, 0.2) is 84.6 Å². The normalized spacial score (nSPS) is 13.5. The second-order valence-electron chi connectivity index (χ2n) is 7.49. The Morgan fingerprint density at radius 1 is 0.788 bits per heavy atom. The van der Waals surface area contributed by atoms with Crippen molar-refractivity contribution in [3.63, 3.8) is 0 Å². The Morgan fingerprint density at radius 2 is 1.52 bits per heavy atom. The Kier molecular flexibility index (Phi) is 6.74. The SMILES string of the molecule is CCCOc1cccc(N2C(=O)C(Nc3cccc(OCC)c3)=C(c3ccccc3)C2=O)c1. The first-order valence-electron chi connectivity index (χ1n) is 11.0. The Balaban J connectivity index is 1.73. The minimum atomic E-state index is -0.423. The van der Waals surface area contributed by atoms with E-state index in [1.807, 2.05) is 68.4 Å². The zero-order chi connectivity index (χ0) is 23.2. The lowest BCUT2D eigenvalue weighted by Gasteiger charge is -2.17. The molecule has 6 nitrogen and oxygen atoms in total. The van der Waals surface area contributed by atoms with Crippen molar-refractivity contribution in [3.05, 3.63) is 90.1 Å². The van der Waals surface area contributed by atoms with E-state index in [0.29, 0.717) is 47.2 Å². The van der Waals surface area contributed by atoms with Crippen molar-refractivity contribution in [2.24, 2.45) is 0 Å². The van der Waals surface area contributed by atoms with Crippen LogP contribution in [0.25, 0.3) is 5.57 Å². The van der Waals surface area contributed by atoms with Crippen molar-refractivity contribution < 1.29 is 19.1 Å². The highest BCUT2D eigenvalue weighted by Crippen LogP contribution is 2.35. The van der Waals surface area contributed by atoms with E-state index in [0.717, 1.165) is 6.42 Å². The van der Waals surface area contributed by atoms with Crippen LogP contribution in [0.1, 0.15) is 25.8 Å². The molecule has 0 saturated carbocycles. The number of amides is 2. The van der Waals surface area contributed by atoms with Crippen LogP contribution in [0.5, 0.6) is 11.5 Å². The van der Waals surface area contributed by atoms with Gasteiger partial charge < -0.3 is 14.8 Å². The maximum atomic E-state index is 13.6. The van der Waals surface area contributed by atoms with Crippen molar-refractivity contribution in [3.8, 4) is 11.5 Å². The van der Waals surface area contributed by atoms with E-state index in [2.05, 4.69) is 5.32 Å². The third kappa shape index (κ3) is 4.75. The summed E-state index contributed by atoms with van der Waals surface area (Å²) in [5, 5.41) is 3.17. The number of carbonyl (C=O) groups is 2. The first kappa shape index (κ1) is 22.1. The zero-order valence-electron chi connectivity index (χ0n) is 18.7. The highest BCUT2D eigenvalue weighted by Gasteiger charge is 2.40. The molecule has 6 heteroatoms. The monoisotopic (exact) mass is 442 g/mol. The number of nitrogens with zero attached hydrogens (tertiary/aromatic N) is 1. The van der Waals surface area contributed by atoms with Crippen LogP contribution in [-0.2, 0) is 9.59 Å². The maximum absolute atomic E-state index is 13.6. The van der Waals surface area contributed by atoms with Gasteiger partial charge in [-0.15, -0.1) is 0 Å². The summed E-state index contributed by atoms with van der Waals surface area (Å²) in [6.45, 7) is 5.02. The minimum Gasteiger partial charge on any atom is -0.494 e. The van der Waals surface area contributed by atoms with Gasteiger partial charge in [0, 0.05) is 17.8 Å². The van der Waals surface area contributed by atoms with Crippen LogP contribution in [0.2, 0.25) is 0 Å². The van der Waals surface area contributed by atoms with Gasteiger partial charge in [-0.3, -0.25) is 9.59 Å². The fraction of sp³-hybridized carbons (Fsp3) is 0.185. The summed E-state index contributed by atoms with van der Waals surface area (Å²) >= 11 is 0. The summed E-state index contributed by atoms with van der Waals surface area (Å²) in [4.78, 5) is 28.3. The van der Waals surface area contributed by atoms with Crippen molar-refractivity contribution in [2.45, 2.75) is 20.3 Å². The molecule has 0 saturated heterocycles. The lowest BCUT2D eigenvalue weighted by molar-refractivity contribution is -0.120. The van der Waals surface area contributed by atoms with Crippen LogP contribution < -0.4 is 19.7 Å². The van der Waals surface area contributed by atoms with Gasteiger partial charge >= 0.3 is 0 Å². The number of anilines is 2. The number of carbonyl (C=O) groups excluding carboxylic acids is 2. The molecule has 3 aromatic rings. The van der Waals surface area contributed by atoms with Gasteiger partial charge in [-0.2, -0.15) is 0 Å². The van der Waals surface area contributed by atoms with E-state index >= 15 is 0 Å². The number of rotatable bonds is 9. The molecule has 4 rings (SSSR count). The molecule has 1 heterocycles. The molecule has 0 aromatic heterocycles. The van der Waals surface area contributed by atoms with Gasteiger partial charge in [-0.1, -0.05) is 49.4 Å². The van der Waals surface area contributed by atoms with Gasteiger partial charge in [-0.05, 0) is 43.2 Å². The van der Waals surface area contributed by atoms with Gasteiger partial charge in [0.05, 0.1) is 24.5 Å². The Morgan fingerprint density at radius 3 is 2.24 bits per heavy atom. The Hall–Kier alpha value is -4.06. The standard InChI is InChI=1S/C27H26N2O4/c1-3-16-33-23-15-9-13-21(18-23)29-26(30)24(19-10-6-5-7-11-19)25(27(29)31)28-20-12-8-14-22(17-20)32-4-2/h5-15,17-18,28H,3-4,16H2,1-2H3. The van der Waals surface area contributed by atoms with Gasteiger partial charge in [0.25, 0.3) is 11.8 Å². The highest BCUT2D eigenvalue weighted by atomic mass is 16.5. The van der Waals surface area contributed by atoms with E-state index in [9.17, 15) is 9.59 Å². The molecule has 0 bridgehead atoms. The third-order valence-corrected chi connectivity index (χ3v) is 5.11. The molecule has 1 N–H and O–H groups in total. The fourth-order valence-electron chi connectivity index (χ4n) is 3.66. The first-order chi connectivity index (χ1) is 16.1. The molecule has 0 atom stereocenters. The molecule has 33 heavy (non-hydrogen) atoms. The van der Waals surface area contributed by atoms with E-state index in [-0.39, 0.29) is 11.6 Å². The van der Waals surface area contributed by atoms with E-state index in [4.69, 9.17) is 9.47 Å². The highest BCUT2D eigenvalue weighted by molar-refractivity contribution is 6.46. The predicted octanol–water partition coefficient (Wildman–Crippen LogP) is 5.27. The summed E-state index contributed by atoms with van der Waals surface area (Å²) in [5.74, 6) is 0.483. The largest absolute Gasteiger partial charge is 0.494 e. The topological polar surface area (TPSA) is 67.9 Å². The molecule has 0 unspecified atom stereocenters. The fourth-order valence-corrected chi connectivity index (χ4v) is 3.66. The van der Waals surface area contributed by atoms with Crippen LogP contribution >= 0.6 is 0 Å². The molecule has 0 aliphatic carbocycles. The van der Waals surface area contributed by atoms with Crippen LogP contribution in [0.4, 0.5) is 11.4 Å². The number of nitrogens with one attached hydrogen (secondary N) is 1. The molecule has 168 valence electrons. The van der Waals surface area contributed by atoms with Crippen molar-refractivity contribution in [1.82, 2.24) is 0 Å². The van der Waals surface area contributed by atoms with Crippen LogP contribution in [0, 0.1) is 0 Å². The van der Waals surface area contributed by atoms with Gasteiger partial charge in [-0.25, -0.2) is 4.90 Å². The lowest BCUT2D eigenvalue weighted by Crippen LogP contribution is -2.32. The van der Waals surface area contributed by atoms with E-state index in [1.54, 1.807) is 24.3 Å².